The summed E-state index contributed by atoms with van der Waals surface area (Å²) in [5.74, 6) is 0.227. The zero-order valence-electron chi connectivity index (χ0n) is 16.1. The number of nitrogens with one attached hydrogen (secondary N) is 1. The Balaban J connectivity index is 1.63. The van der Waals surface area contributed by atoms with Crippen molar-refractivity contribution >= 4 is 5.91 Å². The minimum Gasteiger partial charge on any atom is -0.383 e. The first-order valence-electron chi connectivity index (χ1n) is 10.00. The second-order valence-corrected chi connectivity index (χ2v) is 7.68. The van der Waals surface area contributed by atoms with Crippen molar-refractivity contribution in [3.63, 3.8) is 0 Å². The molecule has 0 unspecified atom stereocenters. The molecule has 1 heterocycles. The van der Waals surface area contributed by atoms with E-state index in [1.54, 1.807) is 7.11 Å². The lowest BCUT2D eigenvalue weighted by atomic mass is 9.78. The highest BCUT2D eigenvalue weighted by Crippen LogP contribution is 2.37. The van der Waals surface area contributed by atoms with Crippen molar-refractivity contribution in [3.05, 3.63) is 35.9 Å². The standard InChI is InChI=1S/C21H33N3O2/c1-26-15-12-22-16-20(25)23-13-14-24(17-19-8-4-2-5-9-19)21(18-23)10-6-3-7-11-21/h2,4-5,8-9,22H,3,6-7,10-18H2,1H3. The molecule has 5 heteroatoms. The fourth-order valence-corrected chi connectivity index (χ4v) is 4.44. The SMILES string of the molecule is COCCNCC(=O)N1CCN(Cc2ccccc2)C2(CCCCC2)C1. The molecule has 1 amide bonds. The Morgan fingerprint density at radius 3 is 2.65 bits per heavy atom. The number of benzene rings is 1. The maximum absolute atomic E-state index is 12.7. The Hall–Kier alpha value is -1.43. The van der Waals surface area contributed by atoms with Crippen molar-refractivity contribution in [3.8, 4) is 0 Å². The number of piperazine rings is 1. The van der Waals surface area contributed by atoms with Crippen LogP contribution in [0, 0.1) is 0 Å². The van der Waals surface area contributed by atoms with Gasteiger partial charge in [-0.15, -0.1) is 0 Å². The summed E-state index contributed by atoms with van der Waals surface area (Å²) in [7, 11) is 1.68. The number of carbonyl (C=O) groups is 1. The quantitative estimate of drug-likeness (QED) is 0.759. The number of carbonyl (C=O) groups excluding carboxylic acids is 1. The molecule has 1 aliphatic carbocycles. The van der Waals surface area contributed by atoms with E-state index >= 15 is 0 Å². The lowest BCUT2D eigenvalue weighted by Crippen LogP contribution is -2.64. The van der Waals surface area contributed by atoms with Gasteiger partial charge in [-0.05, 0) is 18.4 Å². The Labute approximate surface area is 157 Å². The predicted molar refractivity (Wildman–Crippen MR) is 104 cm³/mol. The highest BCUT2D eigenvalue weighted by Gasteiger charge is 2.43. The van der Waals surface area contributed by atoms with Gasteiger partial charge in [-0.1, -0.05) is 49.6 Å². The van der Waals surface area contributed by atoms with Crippen LogP contribution in [0.1, 0.15) is 37.7 Å². The maximum Gasteiger partial charge on any atom is 0.236 e. The number of hydrogen-bond donors (Lipinski definition) is 1. The molecule has 0 radical (unpaired) electrons. The van der Waals surface area contributed by atoms with Gasteiger partial charge in [-0.25, -0.2) is 0 Å². The highest BCUT2D eigenvalue weighted by molar-refractivity contribution is 5.78. The summed E-state index contributed by atoms with van der Waals surface area (Å²) >= 11 is 0. The van der Waals surface area contributed by atoms with Crippen LogP contribution < -0.4 is 5.32 Å². The monoisotopic (exact) mass is 359 g/mol. The second kappa shape index (κ2) is 9.49. The van der Waals surface area contributed by atoms with E-state index in [0.29, 0.717) is 13.2 Å². The number of rotatable bonds is 7. The molecule has 1 N–H and O–H groups in total. The molecule has 5 nitrogen and oxygen atoms in total. The maximum atomic E-state index is 12.7. The number of ether oxygens (including phenoxy) is 1. The Kier molecular flexibility index (Phi) is 7.06. The summed E-state index contributed by atoms with van der Waals surface area (Å²) in [5, 5.41) is 3.20. The van der Waals surface area contributed by atoms with E-state index in [1.165, 1.54) is 37.7 Å². The molecule has 1 saturated carbocycles. The van der Waals surface area contributed by atoms with Crippen LogP contribution in [0.15, 0.2) is 30.3 Å². The molecule has 2 fully saturated rings. The number of hydrogen-bond acceptors (Lipinski definition) is 4. The fourth-order valence-electron chi connectivity index (χ4n) is 4.44. The van der Waals surface area contributed by atoms with Crippen molar-refractivity contribution < 1.29 is 9.53 Å². The first-order valence-corrected chi connectivity index (χ1v) is 10.00. The normalized spacial score (nSPS) is 20.4. The lowest BCUT2D eigenvalue weighted by Gasteiger charge is -2.53. The van der Waals surface area contributed by atoms with Crippen LogP contribution in [0.2, 0.25) is 0 Å². The molecular weight excluding hydrogens is 326 g/mol. The average molecular weight is 360 g/mol. The molecule has 0 bridgehead atoms. The van der Waals surface area contributed by atoms with Gasteiger partial charge in [0, 0.05) is 45.4 Å². The van der Waals surface area contributed by atoms with Crippen LogP contribution in [-0.4, -0.2) is 67.7 Å². The van der Waals surface area contributed by atoms with Crippen LogP contribution >= 0.6 is 0 Å². The minimum atomic E-state index is 0.161. The molecule has 0 atom stereocenters. The molecule has 0 aromatic heterocycles. The zero-order valence-corrected chi connectivity index (χ0v) is 16.1. The number of nitrogens with zero attached hydrogens (tertiary/aromatic N) is 2. The van der Waals surface area contributed by atoms with Gasteiger partial charge < -0.3 is 15.0 Å². The van der Waals surface area contributed by atoms with E-state index in [9.17, 15) is 4.79 Å². The summed E-state index contributed by atoms with van der Waals surface area (Å²) in [6.07, 6.45) is 6.30. The first kappa shape index (κ1) is 19.3. The second-order valence-electron chi connectivity index (χ2n) is 7.68. The van der Waals surface area contributed by atoms with Crippen molar-refractivity contribution in [2.24, 2.45) is 0 Å². The molecule has 26 heavy (non-hydrogen) atoms. The Bertz CT molecular complexity index is 558. The third kappa shape index (κ3) is 4.84. The van der Waals surface area contributed by atoms with E-state index in [4.69, 9.17) is 4.74 Å². The predicted octanol–water partition coefficient (Wildman–Crippen LogP) is 2.27. The van der Waals surface area contributed by atoms with Crippen LogP contribution in [0.5, 0.6) is 0 Å². The fraction of sp³-hybridized carbons (Fsp3) is 0.667. The van der Waals surface area contributed by atoms with E-state index < -0.39 is 0 Å². The molecule has 1 spiro atoms. The van der Waals surface area contributed by atoms with Gasteiger partial charge in [-0.2, -0.15) is 0 Å². The van der Waals surface area contributed by atoms with Crippen LogP contribution in [0.3, 0.4) is 0 Å². The van der Waals surface area contributed by atoms with Crippen molar-refractivity contribution in [2.45, 2.75) is 44.2 Å². The third-order valence-electron chi connectivity index (χ3n) is 5.91. The van der Waals surface area contributed by atoms with Crippen LogP contribution in [-0.2, 0) is 16.1 Å². The Morgan fingerprint density at radius 1 is 1.15 bits per heavy atom. The van der Waals surface area contributed by atoms with E-state index in [0.717, 1.165) is 32.7 Å². The third-order valence-corrected chi connectivity index (χ3v) is 5.91. The molecule has 1 aliphatic heterocycles. The molecule has 3 rings (SSSR count). The summed E-state index contributed by atoms with van der Waals surface area (Å²) in [6.45, 7) is 5.46. The molecule has 1 aromatic carbocycles. The van der Waals surface area contributed by atoms with E-state index in [-0.39, 0.29) is 11.4 Å². The summed E-state index contributed by atoms with van der Waals surface area (Å²) in [5.41, 5.74) is 1.53. The number of methoxy groups -OCH3 is 1. The van der Waals surface area contributed by atoms with Gasteiger partial charge in [0.2, 0.25) is 5.91 Å². The molecule has 1 aromatic rings. The number of amides is 1. The summed E-state index contributed by atoms with van der Waals surface area (Å²) < 4.78 is 5.04. The molecule has 2 aliphatic rings. The van der Waals surface area contributed by atoms with E-state index in [2.05, 4.69) is 45.4 Å². The van der Waals surface area contributed by atoms with Gasteiger partial charge in [-0.3, -0.25) is 9.69 Å². The van der Waals surface area contributed by atoms with Gasteiger partial charge in [0.25, 0.3) is 0 Å². The topological polar surface area (TPSA) is 44.8 Å². The zero-order chi connectivity index (χ0) is 18.2. The van der Waals surface area contributed by atoms with Gasteiger partial charge in [0.15, 0.2) is 0 Å². The van der Waals surface area contributed by atoms with Gasteiger partial charge in [0.05, 0.1) is 13.2 Å². The lowest BCUT2D eigenvalue weighted by molar-refractivity contribution is -0.137. The molecule has 144 valence electrons. The first-order chi connectivity index (χ1) is 12.7. The van der Waals surface area contributed by atoms with Gasteiger partial charge in [0.1, 0.15) is 0 Å². The summed E-state index contributed by atoms with van der Waals surface area (Å²) in [4.78, 5) is 17.4. The van der Waals surface area contributed by atoms with Gasteiger partial charge >= 0.3 is 0 Å². The largest absolute Gasteiger partial charge is 0.383 e. The van der Waals surface area contributed by atoms with Crippen molar-refractivity contribution in [1.29, 1.82) is 0 Å². The highest BCUT2D eigenvalue weighted by atomic mass is 16.5. The smallest absolute Gasteiger partial charge is 0.236 e. The molecule has 1 saturated heterocycles. The van der Waals surface area contributed by atoms with E-state index in [1.807, 2.05) is 0 Å². The van der Waals surface area contributed by atoms with Crippen molar-refractivity contribution in [2.75, 3.05) is 46.4 Å². The molecular formula is C21H33N3O2. The summed E-state index contributed by atoms with van der Waals surface area (Å²) in [6, 6.07) is 10.7. The average Bonchev–Trinajstić information content (AvgIpc) is 2.68. The Morgan fingerprint density at radius 2 is 1.92 bits per heavy atom. The minimum absolute atomic E-state index is 0.161. The van der Waals surface area contributed by atoms with Crippen molar-refractivity contribution in [1.82, 2.24) is 15.1 Å². The van der Waals surface area contributed by atoms with Crippen LogP contribution in [0.4, 0.5) is 0 Å². The van der Waals surface area contributed by atoms with Crippen LogP contribution in [0.25, 0.3) is 0 Å².